The molecule has 1 rings (SSSR count). The van der Waals surface area contributed by atoms with Gasteiger partial charge in [-0.25, -0.2) is 0 Å². The van der Waals surface area contributed by atoms with Gasteiger partial charge in [0.1, 0.15) is 6.61 Å². The third kappa shape index (κ3) is 2.29. The first-order chi connectivity index (χ1) is 5.33. The molecule has 0 unspecified atom stereocenters. The molecule has 0 aliphatic heterocycles. The van der Waals surface area contributed by atoms with Crippen LogP contribution in [0.2, 0.25) is 0 Å². The summed E-state index contributed by atoms with van der Waals surface area (Å²) in [6.07, 6.45) is 0. The highest BCUT2D eigenvalue weighted by Gasteiger charge is 1.91. The summed E-state index contributed by atoms with van der Waals surface area (Å²) in [5.74, 6) is 0. The number of benzene rings is 1. The van der Waals surface area contributed by atoms with Crippen molar-refractivity contribution in [2.45, 2.75) is 6.61 Å². The van der Waals surface area contributed by atoms with Crippen LogP contribution in [0, 0.1) is 0 Å². The third-order valence-electron chi connectivity index (χ3n) is 1.27. The van der Waals surface area contributed by atoms with Crippen LogP contribution in [0.1, 0.15) is 5.56 Å². The first kappa shape index (κ1) is 7.60. The van der Waals surface area contributed by atoms with Crippen molar-refractivity contribution in [1.29, 1.82) is 0 Å². The van der Waals surface area contributed by atoms with Crippen LogP contribution in [-0.2, 0) is 16.1 Å². The van der Waals surface area contributed by atoms with Gasteiger partial charge in [0.15, 0.2) is 0 Å². The Kier molecular flexibility index (Phi) is 2.49. The number of ether oxygens (including phenoxy) is 1. The summed E-state index contributed by atoms with van der Waals surface area (Å²) < 4.78 is 4.54. The molecule has 3 heteroatoms. The van der Waals surface area contributed by atoms with Crippen molar-refractivity contribution in [1.82, 2.24) is 0 Å². The van der Waals surface area contributed by atoms with E-state index >= 15 is 0 Å². The fourth-order valence-corrected chi connectivity index (χ4v) is 0.813. The van der Waals surface area contributed by atoms with Gasteiger partial charge >= 0.3 is 0 Å². The standard InChI is InChI=1S/C8H9NO2/c9-8-3-1-2-7(4-8)5-11-6-10/h1-4,6H,5,9H2. The Morgan fingerprint density at radius 2 is 2.36 bits per heavy atom. The maximum Gasteiger partial charge on any atom is 0.293 e. The summed E-state index contributed by atoms with van der Waals surface area (Å²) in [6, 6.07) is 7.21. The minimum absolute atomic E-state index is 0.286. The second-order valence-electron chi connectivity index (χ2n) is 2.15. The maximum absolute atomic E-state index is 9.81. The molecule has 0 saturated carbocycles. The summed E-state index contributed by atoms with van der Waals surface area (Å²) >= 11 is 0. The van der Waals surface area contributed by atoms with E-state index in [1.165, 1.54) is 0 Å². The first-order valence-corrected chi connectivity index (χ1v) is 3.22. The Morgan fingerprint density at radius 1 is 1.55 bits per heavy atom. The van der Waals surface area contributed by atoms with Crippen molar-refractivity contribution in [3.8, 4) is 0 Å². The minimum Gasteiger partial charge on any atom is -0.463 e. The Balaban J connectivity index is 2.63. The normalized spacial score (nSPS) is 9.09. The lowest BCUT2D eigenvalue weighted by Gasteiger charge is -1.99. The van der Waals surface area contributed by atoms with Gasteiger partial charge < -0.3 is 10.5 Å². The number of nitrogen functional groups attached to an aromatic ring is 1. The molecule has 0 heterocycles. The first-order valence-electron chi connectivity index (χ1n) is 3.22. The smallest absolute Gasteiger partial charge is 0.293 e. The number of nitrogens with two attached hydrogens (primary N) is 1. The zero-order valence-corrected chi connectivity index (χ0v) is 5.99. The Bertz CT molecular complexity index is 248. The van der Waals surface area contributed by atoms with E-state index in [0.717, 1.165) is 5.56 Å². The molecule has 1 aromatic rings. The number of hydrogen-bond donors (Lipinski definition) is 1. The van der Waals surface area contributed by atoms with Crippen LogP contribution in [0.3, 0.4) is 0 Å². The molecule has 58 valence electrons. The van der Waals surface area contributed by atoms with Crippen LogP contribution in [0.5, 0.6) is 0 Å². The van der Waals surface area contributed by atoms with Gasteiger partial charge in [-0.05, 0) is 17.7 Å². The summed E-state index contributed by atoms with van der Waals surface area (Å²) in [5.41, 5.74) is 7.06. The molecule has 0 atom stereocenters. The zero-order chi connectivity index (χ0) is 8.10. The van der Waals surface area contributed by atoms with Crippen molar-refractivity contribution in [2.24, 2.45) is 0 Å². The van der Waals surface area contributed by atoms with Gasteiger partial charge in [-0.1, -0.05) is 12.1 Å². The highest BCUT2D eigenvalue weighted by molar-refractivity contribution is 5.41. The fourth-order valence-electron chi connectivity index (χ4n) is 0.813. The van der Waals surface area contributed by atoms with Gasteiger partial charge in [-0.3, -0.25) is 4.79 Å². The lowest BCUT2D eigenvalue weighted by atomic mass is 10.2. The van der Waals surface area contributed by atoms with Gasteiger partial charge in [0.05, 0.1) is 0 Å². The average Bonchev–Trinajstić information content (AvgIpc) is 2.01. The molecule has 2 N–H and O–H groups in total. The molecule has 11 heavy (non-hydrogen) atoms. The molecule has 0 spiro atoms. The van der Waals surface area contributed by atoms with Crippen molar-refractivity contribution in [3.63, 3.8) is 0 Å². The van der Waals surface area contributed by atoms with E-state index in [1.807, 2.05) is 12.1 Å². The second kappa shape index (κ2) is 3.61. The molecule has 0 aliphatic rings. The second-order valence-corrected chi connectivity index (χ2v) is 2.15. The van der Waals surface area contributed by atoms with E-state index in [2.05, 4.69) is 4.74 Å². The van der Waals surface area contributed by atoms with Crippen molar-refractivity contribution >= 4 is 12.2 Å². The number of carbonyl (C=O) groups excluding carboxylic acids is 1. The van der Waals surface area contributed by atoms with Crippen LogP contribution in [0.4, 0.5) is 5.69 Å². The highest BCUT2D eigenvalue weighted by atomic mass is 16.5. The Labute approximate surface area is 64.8 Å². The number of carbonyl (C=O) groups is 1. The monoisotopic (exact) mass is 151 g/mol. The van der Waals surface area contributed by atoms with E-state index in [-0.39, 0.29) is 6.61 Å². The van der Waals surface area contributed by atoms with Crippen LogP contribution in [0.15, 0.2) is 24.3 Å². The SMILES string of the molecule is Nc1cccc(COC=O)c1. The van der Waals surface area contributed by atoms with Gasteiger partial charge in [0.2, 0.25) is 0 Å². The van der Waals surface area contributed by atoms with Crippen LogP contribution < -0.4 is 5.73 Å². The van der Waals surface area contributed by atoms with E-state index in [0.29, 0.717) is 12.2 Å². The molecule has 0 radical (unpaired) electrons. The zero-order valence-electron chi connectivity index (χ0n) is 5.99. The fraction of sp³-hybridized carbons (Fsp3) is 0.125. The largest absolute Gasteiger partial charge is 0.463 e. The van der Waals surface area contributed by atoms with Gasteiger partial charge in [0, 0.05) is 5.69 Å². The molecule has 3 nitrogen and oxygen atoms in total. The van der Waals surface area contributed by atoms with Gasteiger partial charge in [0.25, 0.3) is 6.47 Å². The van der Waals surface area contributed by atoms with Gasteiger partial charge in [-0.2, -0.15) is 0 Å². The minimum atomic E-state index is 0.286. The summed E-state index contributed by atoms with van der Waals surface area (Å²) in [7, 11) is 0. The molecular weight excluding hydrogens is 142 g/mol. The van der Waals surface area contributed by atoms with Crippen LogP contribution in [-0.4, -0.2) is 6.47 Å². The Morgan fingerprint density at radius 3 is 3.00 bits per heavy atom. The third-order valence-corrected chi connectivity index (χ3v) is 1.27. The summed E-state index contributed by atoms with van der Waals surface area (Å²) in [6.45, 7) is 0.706. The molecule has 0 saturated heterocycles. The molecule has 0 amide bonds. The van der Waals surface area contributed by atoms with E-state index < -0.39 is 0 Å². The molecular formula is C8H9NO2. The van der Waals surface area contributed by atoms with Crippen molar-refractivity contribution in [3.05, 3.63) is 29.8 Å². The molecule has 0 aromatic heterocycles. The Hall–Kier alpha value is -1.51. The predicted molar refractivity (Wildman–Crippen MR) is 41.7 cm³/mol. The predicted octanol–water partition coefficient (Wildman–Crippen LogP) is 0.942. The van der Waals surface area contributed by atoms with E-state index in [1.54, 1.807) is 12.1 Å². The van der Waals surface area contributed by atoms with Crippen LogP contribution >= 0.6 is 0 Å². The van der Waals surface area contributed by atoms with E-state index in [9.17, 15) is 4.79 Å². The van der Waals surface area contributed by atoms with E-state index in [4.69, 9.17) is 5.73 Å². The summed E-state index contributed by atoms with van der Waals surface area (Å²) in [5, 5.41) is 0. The average molecular weight is 151 g/mol. The summed E-state index contributed by atoms with van der Waals surface area (Å²) in [4.78, 5) is 9.81. The van der Waals surface area contributed by atoms with Crippen molar-refractivity contribution < 1.29 is 9.53 Å². The lowest BCUT2D eigenvalue weighted by molar-refractivity contribution is -0.129. The topological polar surface area (TPSA) is 52.3 Å². The number of rotatable bonds is 3. The number of hydrogen-bond acceptors (Lipinski definition) is 3. The quantitative estimate of drug-likeness (QED) is 0.516. The van der Waals surface area contributed by atoms with Gasteiger partial charge in [-0.15, -0.1) is 0 Å². The highest BCUT2D eigenvalue weighted by Crippen LogP contribution is 2.06. The van der Waals surface area contributed by atoms with Crippen LogP contribution in [0.25, 0.3) is 0 Å². The molecule has 0 aliphatic carbocycles. The van der Waals surface area contributed by atoms with Crippen molar-refractivity contribution in [2.75, 3.05) is 5.73 Å². The molecule has 0 fully saturated rings. The molecule has 1 aromatic carbocycles. The maximum atomic E-state index is 9.81. The number of anilines is 1. The lowest BCUT2D eigenvalue weighted by Crippen LogP contribution is -1.91. The molecule has 0 bridgehead atoms.